The first kappa shape index (κ1) is 40.0. The zero-order valence-corrected chi connectivity index (χ0v) is 35.1. The van der Waals surface area contributed by atoms with Gasteiger partial charge in [0.05, 0.1) is 14.6 Å². The number of thiophene rings is 3. The average Bonchev–Trinajstić information content (AvgIpc) is 3.73. The molecule has 2 unspecified atom stereocenters. The number of carbonyl (C=O) groups excluding carboxylic acids is 2. The van der Waals surface area contributed by atoms with E-state index in [2.05, 4.69) is 95.2 Å². The zero-order chi connectivity index (χ0) is 36.3. The van der Waals surface area contributed by atoms with E-state index in [-0.39, 0.29) is 16.4 Å². The van der Waals surface area contributed by atoms with Crippen molar-refractivity contribution < 1.29 is 14.3 Å². The Hall–Kier alpha value is -1.76. The molecule has 0 saturated carbocycles. The molecule has 3 nitrogen and oxygen atoms in total. The molecule has 0 N–H and O–H groups in total. The monoisotopic (exact) mass is 724 g/mol. The highest BCUT2D eigenvalue weighted by molar-refractivity contribution is 7.27. The lowest BCUT2D eigenvalue weighted by molar-refractivity contribution is 0.0323. The van der Waals surface area contributed by atoms with Gasteiger partial charge in [0, 0.05) is 37.4 Å². The summed E-state index contributed by atoms with van der Waals surface area (Å²) in [6, 6.07) is 4.67. The summed E-state index contributed by atoms with van der Waals surface area (Å²) in [6.45, 7) is 27.5. The van der Waals surface area contributed by atoms with Gasteiger partial charge in [-0.25, -0.2) is 0 Å². The van der Waals surface area contributed by atoms with Gasteiger partial charge in [0.25, 0.3) is 0 Å². The minimum absolute atomic E-state index is 0.0290. The summed E-state index contributed by atoms with van der Waals surface area (Å²) in [5, 5.41) is 0. The second kappa shape index (κ2) is 16.3. The van der Waals surface area contributed by atoms with E-state index in [1.165, 1.54) is 58.7 Å². The van der Waals surface area contributed by atoms with E-state index < -0.39 is 0 Å². The third-order valence-corrected chi connectivity index (χ3v) is 15.0. The Labute approximate surface area is 310 Å². The summed E-state index contributed by atoms with van der Waals surface area (Å²) < 4.78 is 7.43. The van der Waals surface area contributed by atoms with E-state index >= 15 is 0 Å². The van der Waals surface area contributed by atoms with Crippen LogP contribution in [0.3, 0.4) is 0 Å². The number of hydrogen-bond donors (Lipinski definition) is 0. The van der Waals surface area contributed by atoms with E-state index in [1.54, 1.807) is 22.7 Å². The minimum Gasteiger partial charge on any atom is -0.481 e. The third-order valence-electron chi connectivity index (χ3n) is 10.3. The Morgan fingerprint density at radius 3 is 1.67 bits per heavy atom. The Morgan fingerprint density at radius 2 is 1.20 bits per heavy atom. The molecule has 3 aromatic rings. The van der Waals surface area contributed by atoms with Crippen LogP contribution in [-0.2, 0) is 16.4 Å². The van der Waals surface area contributed by atoms with Gasteiger partial charge >= 0.3 is 0 Å². The number of rotatable bonds is 17. The molecule has 6 heteroatoms. The van der Waals surface area contributed by atoms with Crippen molar-refractivity contribution in [2.75, 3.05) is 0 Å². The summed E-state index contributed by atoms with van der Waals surface area (Å²) in [7, 11) is 0. The number of aldehydes is 2. The van der Waals surface area contributed by atoms with Crippen molar-refractivity contribution in [2.24, 2.45) is 23.7 Å². The first-order valence-electron chi connectivity index (χ1n) is 19.0. The first-order valence-corrected chi connectivity index (χ1v) is 21.4. The van der Waals surface area contributed by atoms with Crippen LogP contribution in [0.1, 0.15) is 183 Å². The van der Waals surface area contributed by atoms with Crippen LogP contribution in [0.25, 0.3) is 19.5 Å². The molecule has 0 aromatic carbocycles. The third kappa shape index (κ3) is 9.57. The van der Waals surface area contributed by atoms with Gasteiger partial charge in [-0.05, 0) is 66.3 Å². The molecule has 3 aromatic heterocycles. The summed E-state index contributed by atoms with van der Waals surface area (Å²) >= 11 is 5.25. The van der Waals surface area contributed by atoms with Crippen LogP contribution >= 0.6 is 34.0 Å². The Morgan fingerprint density at radius 1 is 0.653 bits per heavy atom. The second-order valence-electron chi connectivity index (χ2n) is 18.0. The van der Waals surface area contributed by atoms with Gasteiger partial charge in [-0.2, -0.15) is 0 Å². The van der Waals surface area contributed by atoms with Crippen LogP contribution in [0, 0.1) is 23.7 Å². The fourth-order valence-electron chi connectivity index (χ4n) is 7.18. The quantitative estimate of drug-likeness (QED) is 0.130. The largest absolute Gasteiger partial charge is 0.481 e. The van der Waals surface area contributed by atoms with Crippen LogP contribution in [0.2, 0.25) is 0 Å². The van der Waals surface area contributed by atoms with Gasteiger partial charge < -0.3 is 4.74 Å². The Kier molecular flexibility index (Phi) is 13.3. The fourth-order valence-corrected chi connectivity index (χ4v) is 11.1. The molecule has 49 heavy (non-hydrogen) atoms. The zero-order valence-electron chi connectivity index (χ0n) is 32.6. The Balaban J connectivity index is 1.80. The molecule has 4 heterocycles. The second-order valence-corrected chi connectivity index (χ2v) is 21.1. The summed E-state index contributed by atoms with van der Waals surface area (Å²) in [5.41, 5.74) is 1.84. The summed E-state index contributed by atoms with van der Waals surface area (Å²) in [4.78, 5) is 31.6. The van der Waals surface area contributed by atoms with Crippen molar-refractivity contribution in [2.45, 2.75) is 164 Å². The molecule has 2 atom stereocenters. The molecule has 1 aliphatic heterocycles. The molecule has 1 aliphatic rings. The molecule has 0 spiro atoms. The van der Waals surface area contributed by atoms with Gasteiger partial charge in [0.1, 0.15) is 11.4 Å². The number of carbonyl (C=O) groups is 2. The maximum Gasteiger partial charge on any atom is 0.152 e. The van der Waals surface area contributed by atoms with Crippen molar-refractivity contribution >= 4 is 46.6 Å². The summed E-state index contributed by atoms with van der Waals surface area (Å²) in [5.74, 6) is 3.73. The van der Waals surface area contributed by atoms with Crippen molar-refractivity contribution in [1.29, 1.82) is 0 Å². The maximum absolute atomic E-state index is 12.5. The van der Waals surface area contributed by atoms with Gasteiger partial charge in [0.15, 0.2) is 12.6 Å². The number of hydrogen-bond acceptors (Lipinski definition) is 6. The van der Waals surface area contributed by atoms with Gasteiger partial charge in [-0.3, -0.25) is 9.59 Å². The fraction of sp³-hybridized carbons (Fsp3) is 0.674. The predicted molar refractivity (Wildman–Crippen MR) is 216 cm³/mol. The highest BCUT2D eigenvalue weighted by Gasteiger charge is 2.44. The summed E-state index contributed by atoms with van der Waals surface area (Å²) in [6.07, 6.45) is 13.7. The maximum atomic E-state index is 12.5. The average molecular weight is 725 g/mol. The van der Waals surface area contributed by atoms with Crippen LogP contribution in [0.15, 0.2) is 12.1 Å². The van der Waals surface area contributed by atoms with Gasteiger partial charge in [0.2, 0.25) is 0 Å². The number of ether oxygens (including phenoxy) is 1. The van der Waals surface area contributed by atoms with Crippen LogP contribution in [0.5, 0.6) is 5.75 Å². The predicted octanol–water partition coefficient (Wildman–Crippen LogP) is 14.5. The van der Waals surface area contributed by atoms with Crippen LogP contribution in [0.4, 0.5) is 0 Å². The molecule has 0 fully saturated rings. The van der Waals surface area contributed by atoms with Gasteiger partial charge in [-0.1, -0.05) is 122 Å². The van der Waals surface area contributed by atoms with Crippen molar-refractivity contribution in [3.8, 4) is 25.3 Å². The van der Waals surface area contributed by atoms with E-state index in [0.717, 1.165) is 70.5 Å². The van der Waals surface area contributed by atoms with E-state index in [1.807, 2.05) is 11.3 Å². The normalized spacial score (nSPS) is 17.6. The highest BCUT2D eigenvalue weighted by Crippen LogP contribution is 2.59. The van der Waals surface area contributed by atoms with Crippen molar-refractivity contribution in [3.05, 3.63) is 38.6 Å². The lowest BCUT2D eigenvalue weighted by Gasteiger charge is -2.39. The molecule has 0 radical (unpaired) electrons. The molecule has 4 rings (SSSR count). The molecule has 272 valence electrons. The van der Waals surface area contributed by atoms with Crippen molar-refractivity contribution in [3.63, 3.8) is 0 Å². The molecule has 0 bridgehead atoms. The smallest absolute Gasteiger partial charge is 0.152 e. The lowest BCUT2D eigenvalue weighted by Crippen LogP contribution is -2.36. The SMILES string of the molecule is CC(C)CCCC(C)CCC1(CCC(C)CCCC(C)C)Oc2cc(-c3sc(C(C)(C)C)c(C=O)c3C=O)sc2-c2sc(C(C)(C)C)cc21. The van der Waals surface area contributed by atoms with Crippen molar-refractivity contribution in [1.82, 2.24) is 0 Å². The molecule has 0 aliphatic carbocycles. The lowest BCUT2D eigenvalue weighted by atomic mass is 9.78. The molecule has 0 amide bonds. The van der Waals surface area contributed by atoms with E-state index in [4.69, 9.17) is 4.74 Å². The topological polar surface area (TPSA) is 43.4 Å². The molecular formula is C43H64O3S3. The van der Waals surface area contributed by atoms with Crippen LogP contribution < -0.4 is 4.74 Å². The first-order chi connectivity index (χ1) is 22.9. The number of fused-ring (bicyclic) bond motifs is 3. The van der Waals surface area contributed by atoms with Crippen LogP contribution in [-0.4, -0.2) is 12.6 Å². The van der Waals surface area contributed by atoms with E-state index in [0.29, 0.717) is 23.0 Å². The Bertz CT molecular complexity index is 1530. The van der Waals surface area contributed by atoms with E-state index in [9.17, 15) is 9.59 Å². The highest BCUT2D eigenvalue weighted by atomic mass is 32.1. The minimum atomic E-state index is -0.382. The standard InChI is InChI=1S/C43H64O3S3/c1-27(2)15-13-17-29(5)19-21-43(22-20-30(6)18-14-16-28(3)4)33-23-36(41(7,8)9)48-38(33)39-34(46-43)24-35(47-39)37-31(25-44)32(26-45)40(49-37)42(10,11)12/h23-30H,13-22H2,1-12H3. The van der Waals surface area contributed by atoms with Gasteiger partial charge in [-0.15, -0.1) is 34.0 Å². The molecule has 0 saturated heterocycles. The molecular weight excluding hydrogens is 661 g/mol.